The molecule has 0 spiro atoms. The van der Waals surface area contributed by atoms with E-state index in [-0.39, 0.29) is 24.8 Å². The molecule has 22 heteroatoms. The molecule has 13 heterocycles. The average molecular weight is 1250 g/mol. The molecule has 4 aromatic carbocycles. The van der Waals surface area contributed by atoms with Crippen molar-refractivity contribution in [2.24, 2.45) is 0 Å². The smallest absolute Gasteiger partial charge is 0.164 e. The number of aromatic nitrogens is 12. The second kappa shape index (κ2) is 22.1. The molecule has 470 valence electrons. The molecular weight excluding hydrogens is 1190 g/mol. The van der Waals surface area contributed by atoms with Crippen LogP contribution in [0.1, 0.15) is 85.5 Å². The Morgan fingerprint density at radius 1 is 0.404 bits per heavy atom. The molecule has 8 N–H and O–H groups in total. The SMILES string of the molecule is Cc1ccc(-c2c3nc(c(-c4ccc(OC[C@H]5O[C@@H](c6nc7c(N)ncnc7[nH]6)[C@@H]6OC(C)(C)O[C@@H]65)cc4)c4ccc([nH]4)c(-c4ccc(OC[C@H]5O[C@@H](c6nc7c(N)ncnc7[nH]6)[C@@H]6OC(C)(C)O[C@@H]65)cc4)c4nc(c(-c5ccc(C)cc5)c5ccc2[nH]5)C=C4)C=C3)cc1. The summed E-state index contributed by atoms with van der Waals surface area (Å²) in [5.74, 6) is 1.12. The lowest BCUT2D eigenvalue weighted by Gasteiger charge is -2.23. The number of anilines is 2. The minimum Gasteiger partial charge on any atom is -0.491 e. The van der Waals surface area contributed by atoms with Crippen molar-refractivity contribution in [1.82, 2.24) is 59.8 Å². The highest BCUT2D eigenvalue weighted by Crippen LogP contribution is 2.48. The van der Waals surface area contributed by atoms with Gasteiger partial charge in [-0.15, -0.1) is 0 Å². The van der Waals surface area contributed by atoms with Gasteiger partial charge < -0.3 is 69.3 Å². The molecule has 0 saturated carbocycles. The van der Waals surface area contributed by atoms with Crippen molar-refractivity contribution >= 4 is 80.3 Å². The third-order valence-corrected chi connectivity index (χ3v) is 18.0. The highest BCUT2D eigenvalue weighted by Gasteiger charge is 2.58. The molecule has 8 atom stereocenters. The summed E-state index contributed by atoms with van der Waals surface area (Å²) in [6, 6.07) is 41.8. The number of nitrogens with zero attached hydrogens (tertiary/aromatic N) is 8. The van der Waals surface area contributed by atoms with E-state index in [0.717, 1.165) is 100 Å². The summed E-state index contributed by atoms with van der Waals surface area (Å²) < 4.78 is 52.2. The molecule has 0 aliphatic carbocycles. The number of hydrogen-bond acceptors (Lipinski definition) is 18. The number of nitrogens with two attached hydrogens (primary N) is 2. The number of aryl methyl sites for hydroxylation is 2. The molecular formula is C72H64N14O8. The summed E-state index contributed by atoms with van der Waals surface area (Å²) in [6.07, 6.45) is 7.13. The number of nitrogen functional groups attached to an aromatic ring is 2. The quantitative estimate of drug-likeness (QED) is 0.0662. The molecule has 22 nitrogen and oxygen atoms in total. The zero-order valence-electron chi connectivity index (χ0n) is 52.0. The standard InChI is InChI=1S/C72H64N14O8/c1-35-7-11-37(12-8-35)53-43-23-24-44(79-43)54(38-13-9-36(2)10-14-38)46-26-28-48(81-46)56(40-17-21-42(22-18-40)88-32-52-60-62(94-72(5,6)92-60)64(90-52)70-84-58-66(74)76-34-78-68(58)86-70)50-30-29-49(82-50)55(47-27-25-45(53)80-47)39-15-19-41(20-16-39)87-31-51-59-61(93-71(3,4)91-59)63(89-51)69-83-57-65(73)75-33-77-67(57)85-69/h7-30,33-34,51-52,59-64,79,82H,31-32H2,1-6H3,(H3,73,75,77,83,85)(H3,74,76,78,84,86)/t51-,52-,59-,60-,61-,62-,63-,64-/m1/s1. The first kappa shape index (κ1) is 57.4. The highest BCUT2D eigenvalue weighted by molar-refractivity contribution is 6.00. The number of ether oxygens (including phenoxy) is 8. The molecule has 0 amide bonds. The van der Waals surface area contributed by atoms with Gasteiger partial charge in [0.2, 0.25) is 0 Å². The molecule has 0 radical (unpaired) electrons. The van der Waals surface area contributed by atoms with Crippen LogP contribution >= 0.6 is 0 Å². The Kier molecular flexibility index (Phi) is 13.5. The fraction of sp³-hybridized carbons (Fsp3) is 0.250. The number of H-pyrrole nitrogens is 4. The summed E-state index contributed by atoms with van der Waals surface area (Å²) in [4.78, 5) is 51.8. The lowest BCUT2D eigenvalue weighted by molar-refractivity contribution is -0.191. The van der Waals surface area contributed by atoms with Crippen molar-refractivity contribution in [2.75, 3.05) is 24.7 Å². The second-order valence-corrected chi connectivity index (χ2v) is 25.4. The van der Waals surface area contributed by atoms with Gasteiger partial charge in [0.05, 0.1) is 22.8 Å². The first-order chi connectivity index (χ1) is 45.6. The average Bonchev–Trinajstić information content (AvgIpc) is 1.61. The van der Waals surface area contributed by atoms with Crippen LogP contribution in [0.5, 0.6) is 11.5 Å². The van der Waals surface area contributed by atoms with Crippen LogP contribution in [-0.2, 0) is 28.4 Å². The van der Waals surface area contributed by atoms with Gasteiger partial charge in [0.15, 0.2) is 34.5 Å². The molecule has 4 saturated heterocycles. The molecule has 94 heavy (non-hydrogen) atoms. The summed E-state index contributed by atoms with van der Waals surface area (Å²) in [5, 5.41) is 0. The Labute approximate surface area is 537 Å². The largest absolute Gasteiger partial charge is 0.491 e. The van der Waals surface area contributed by atoms with E-state index in [0.29, 0.717) is 45.5 Å². The van der Waals surface area contributed by atoms with E-state index in [1.165, 1.54) is 12.7 Å². The zero-order valence-corrected chi connectivity index (χ0v) is 52.0. The maximum Gasteiger partial charge on any atom is 0.164 e. The molecule has 4 fully saturated rings. The molecule has 17 rings (SSSR count). The Bertz CT molecular complexity index is 4750. The number of nitrogens with one attached hydrogen (secondary N) is 4. The van der Waals surface area contributed by atoms with E-state index in [1.807, 2.05) is 52.0 Å². The van der Waals surface area contributed by atoms with Gasteiger partial charge in [-0.05, 0) is 137 Å². The fourth-order valence-electron chi connectivity index (χ4n) is 13.7. The topological polar surface area (TPSA) is 292 Å². The maximum atomic E-state index is 6.65. The predicted molar refractivity (Wildman–Crippen MR) is 356 cm³/mol. The van der Waals surface area contributed by atoms with Crippen molar-refractivity contribution in [3.8, 4) is 56.0 Å². The van der Waals surface area contributed by atoms with Gasteiger partial charge in [-0.3, -0.25) is 0 Å². The molecule has 6 aliphatic rings. The van der Waals surface area contributed by atoms with Crippen molar-refractivity contribution in [3.05, 3.63) is 180 Å². The van der Waals surface area contributed by atoms with E-state index in [4.69, 9.17) is 69.3 Å². The Morgan fingerprint density at radius 2 is 0.734 bits per heavy atom. The Balaban J connectivity index is 0.751. The van der Waals surface area contributed by atoms with Crippen molar-refractivity contribution < 1.29 is 37.9 Å². The Hall–Kier alpha value is -10.5. The molecule has 7 aromatic heterocycles. The number of imidazole rings is 2. The zero-order chi connectivity index (χ0) is 63.7. The van der Waals surface area contributed by atoms with Gasteiger partial charge >= 0.3 is 0 Å². The van der Waals surface area contributed by atoms with Gasteiger partial charge in [-0.1, -0.05) is 83.9 Å². The predicted octanol–water partition coefficient (Wildman–Crippen LogP) is 12.5. The third-order valence-electron chi connectivity index (χ3n) is 18.0. The van der Waals surface area contributed by atoms with E-state index >= 15 is 0 Å². The van der Waals surface area contributed by atoms with Crippen LogP contribution in [0.15, 0.2) is 134 Å². The summed E-state index contributed by atoms with van der Waals surface area (Å²) in [5.41, 5.74) is 30.7. The molecule has 0 unspecified atom stereocenters. The highest BCUT2D eigenvalue weighted by atomic mass is 16.8. The summed E-state index contributed by atoms with van der Waals surface area (Å²) in [6.45, 7) is 12.1. The number of hydrogen-bond donors (Lipinski definition) is 6. The number of aromatic amines is 4. The van der Waals surface area contributed by atoms with Crippen LogP contribution in [0.25, 0.3) is 113 Å². The van der Waals surface area contributed by atoms with Crippen LogP contribution in [-0.4, -0.2) is 121 Å². The molecule has 6 aliphatic heterocycles. The van der Waals surface area contributed by atoms with E-state index in [1.54, 1.807) is 0 Å². The van der Waals surface area contributed by atoms with Gasteiger partial charge in [0.1, 0.15) is 109 Å². The third kappa shape index (κ3) is 10.2. The van der Waals surface area contributed by atoms with Gasteiger partial charge in [0, 0.05) is 44.3 Å². The summed E-state index contributed by atoms with van der Waals surface area (Å²) in [7, 11) is 0. The van der Waals surface area contributed by atoms with E-state index in [9.17, 15) is 0 Å². The molecule has 8 bridgehead atoms. The van der Waals surface area contributed by atoms with Crippen molar-refractivity contribution in [3.63, 3.8) is 0 Å². The van der Waals surface area contributed by atoms with Crippen LogP contribution in [0, 0.1) is 13.8 Å². The Morgan fingerprint density at radius 3 is 1.07 bits per heavy atom. The van der Waals surface area contributed by atoms with Crippen LogP contribution in [0.4, 0.5) is 11.6 Å². The monoisotopic (exact) mass is 1250 g/mol. The van der Waals surface area contributed by atoms with Crippen LogP contribution in [0.2, 0.25) is 0 Å². The minimum atomic E-state index is -0.863. The van der Waals surface area contributed by atoms with Crippen LogP contribution < -0.4 is 20.9 Å². The van der Waals surface area contributed by atoms with Crippen molar-refractivity contribution in [1.29, 1.82) is 0 Å². The number of rotatable bonds is 12. The fourth-order valence-corrected chi connectivity index (χ4v) is 13.7. The van der Waals surface area contributed by atoms with Gasteiger partial charge in [-0.25, -0.2) is 39.9 Å². The number of fused-ring (bicyclic) bond motifs is 12. The number of benzene rings is 4. The first-order valence-corrected chi connectivity index (χ1v) is 31.3. The molecule has 11 aromatic rings. The lowest BCUT2D eigenvalue weighted by Crippen LogP contribution is -2.33. The summed E-state index contributed by atoms with van der Waals surface area (Å²) >= 11 is 0. The first-order valence-electron chi connectivity index (χ1n) is 31.3. The van der Waals surface area contributed by atoms with E-state index in [2.05, 4.69) is 175 Å². The van der Waals surface area contributed by atoms with Crippen molar-refractivity contribution in [2.45, 2.75) is 102 Å². The van der Waals surface area contributed by atoms with E-state index < -0.39 is 60.4 Å². The second-order valence-electron chi connectivity index (χ2n) is 25.4. The maximum absolute atomic E-state index is 6.65. The minimum absolute atomic E-state index is 0.172. The van der Waals surface area contributed by atoms with Crippen LogP contribution in [0.3, 0.4) is 0 Å². The van der Waals surface area contributed by atoms with Gasteiger partial charge in [-0.2, -0.15) is 0 Å². The lowest BCUT2D eigenvalue weighted by atomic mass is 10.0. The normalized spacial score (nSPS) is 22.4. The van der Waals surface area contributed by atoms with Gasteiger partial charge in [0.25, 0.3) is 0 Å².